The van der Waals surface area contributed by atoms with Gasteiger partial charge in [0.1, 0.15) is 11.5 Å². The number of H-pyrrole nitrogens is 1. The maximum absolute atomic E-state index is 11.4. The first-order valence-corrected chi connectivity index (χ1v) is 8.96. The van der Waals surface area contributed by atoms with E-state index in [1.165, 1.54) is 18.4 Å². The molecule has 0 radical (unpaired) electrons. The molecule has 0 spiro atoms. The third kappa shape index (κ3) is 7.06. The van der Waals surface area contributed by atoms with Crippen LogP contribution in [0, 0.1) is 0 Å². The zero-order valence-corrected chi connectivity index (χ0v) is 16.6. The molecule has 0 atom stereocenters. The SMILES string of the molecule is CCO/C=C/C(=O)Nc1cccc(OC)c1.COc1ccc2ccc(=O)[nH]c2c1. The molecular formula is C22H24N2O5. The van der Waals surface area contributed by atoms with E-state index in [9.17, 15) is 9.59 Å². The lowest BCUT2D eigenvalue weighted by molar-refractivity contribution is -0.112. The van der Waals surface area contributed by atoms with E-state index in [0.717, 1.165) is 16.7 Å². The Bertz CT molecular complexity index is 1030. The summed E-state index contributed by atoms with van der Waals surface area (Å²) >= 11 is 0. The Labute approximate surface area is 168 Å². The maximum Gasteiger partial charge on any atom is 0.251 e. The average molecular weight is 396 g/mol. The van der Waals surface area contributed by atoms with E-state index in [0.29, 0.717) is 18.0 Å². The molecule has 29 heavy (non-hydrogen) atoms. The van der Waals surface area contributed by atoms with Gasteiger partial charge in [0, 0.05) is 30.0 Å². The second kappa shape index (κ2) is 11.2. The molecule has 0 saturated heterocycles. The fraction of sp³-hybridized carbons (Fsp3) is 0.182. The maximum atomic E-state index is 11.4. The zero-order chi connectivity index (χ0) is 21.1. The Morgan fingerprint density at radius 3 is 2.48 bits per heavy atom. The van der Waals surface area contributed by atoms with Gasteiger partial charge in [-0.15, -0.1) is 0 Å². The smallest absolute Gasteiger partial charge is 0.251 e. The molecule has 0 bridgehead atoms. The number of aromatic amines is 1. The van der Waals surface area contributed by atoms with Crippen molar-refractivity contribution in [3.05, 3.63) is 77.3 Å². The van der Waals surface area contributed by atoms with Gasteiger partial charge >= 0.3 is 0 Å². The molecule has 0 aliphatic carbocycles. The quantitative estimate of drug-likeness (QED) is 0.490. The summed E-state index contributed by atoms with van der Waals surface area (Å²) in [5.41, 5.74) is 1.39. The number of aromatic nitrogens is 1. The first kappa shape index (κ1) is 21.6. The second-order valence-electron chi connectivity index (χ2n) is 5.76. The van der Waals surface area contributed by atoms with Gasteiger partial charge in [0.15, 0.2) is 0 Å². The number of anilines is 1. The summed E-state index contributed by atoms with van der Waals surface area (Å²) in [6.07, 6.45) is 2.71. The van der Waals surface area contributed by atoms with Crippen LogP contribution in [0.1, 0.15) is 6.92 Å². The summed E-state index contributed by atoms with van der Waals surface area (Å²) in [5.74, 6) is 1.21. The van der Waals surface area contributed by atoms with Gasteiger partial charge in [0.2, 0.25) is 5.56 Å². The minimum atomic E-state index is -0.235. The van der Waals surface area contributed by atoms with E-state index in [1.807, 2.05) is 25.1 Å². The molecule has 152 valence electrons. The lowest BCUT2D eigenvalue weighted by Gasteiger charge is -2.04. The highest BCUT2D eigenvalue weighted by atomic mass is 16.5. The number of fused-ring (bicyclic) bond motifs is 1. The normalized spacial score (nSPS) is 10.2. The number of benzene rings is 2. The number of carbonyl (C=O) groups excluding carboxylic acids is 1. The highest BCUT2D eigenvalue weighted by Crippen LogP contribution is 2.17. The molecule has 3 rings (SSSR count). The molecule has 1 aromatic heterocycles. The van der Waals surface area contributed by atoms with Crippen molar-refractivity contribution in [3.63, 3.8) is 0 Å². The van der Waals surface area contributed by atoms with E-state index in [4.69, 9.17) is 14.2 Å². The number of hydrogen-bond donors (Lipinski definition) is 2. The fourth-order valence-corrected chi connectivity index (χ4v) is 2.35. The third-order valence-electron chi connectivity index (χ3n) is 3.75. The number of nitrogens with one attached hydrogen (secondary N) is 2. The predicted molar refractivity (Wildman–Crippen MR) is 114 cm³/mol. The van der Waals surface area contributed by atoms with Crippen LogP contribution in [-0.4, -0.2) is 31.7 Å². The molecule has 0 saturated carbocycles. The average Bonchev–Trinajstić information content (AvgIpc) is 2.74. The lowest BCUT2D eigenvalue weighted by atomic mass is 10.2. The van der Waals surface area contributed by atoms with Gasteiger partial charge in [-0.1, -0.05) is 6.07 Å². The van der Waals surface area contributed by atoms with Crippen LogP contribution in [0.5, 0.6) is 11.5 Å². The highest BCUT2D eigenvalue weighted by molar-refractivity contribution is 5.99. The number of pyridine rings is 1. The molecule has 0 fully saturated rings. The molecule has 3 aromatic rings. The monoisotopic (exact) mass is 396 g/mol. The molecule has 7 heteroatoms. The molecule has 1 heterocycles. The molecule has 1 amide bonds. The second-order valence-corrected chi connectivity index (χ2v) is 5.76. The Balaban J connectivity index is 0.000000211. The minimum Gasteiger partial charge on any atom is -0.501 e. The van der Waals surface area contributed by atoms with Crippen molar-refractivity contribution in [3.8, 4) is 11.5 Å². The standard InChI is InChI=1S/C12H15NO3.C10H9NO2/c1-3-16-8-7-12(14)13-10-5-4-6-11(9-10)15-2;1-13-8-4-2-7-3-5-10(12)11-9(7)6-8/h4-9H,3H2,1-2H3,(H,13,14);2-6H,1H3,(H,11,12)/b8-7+;. The molecule has 2 aromatic carbocycles. The van der Waals surface area contributed by atoms with Crippen LogP contribution in [0.4, 0.5) is 5.69 Å². The molecule has 7 nitrogen and oxygen atoms in total. The summed E-state index contributed by atoms with van der Waals surface area (Å²) in [7, 11) is 3.18. The van der Waals surface area contributed by atoms with Crippen molar-refractivity contribution in [2.75, 3.05) is 26.1 Å². The van der Waals surface area contributed by atoms with Gasteiger partial charge in [-0.3, -0.25) is 9.59 Å². The zero-order valence-electron chi connectivity index (χ0n) is 16.6. The van der Waals surface area contributed by atoms with Crippen molar-refractivity contribution < 1.29 is 19.0 Å². The van der Waals surface area contributed by atoms with Crippen LogP contribution in [0.15, 0.2) is 71.7 Å². The summed E-state index contributed by atoms with van der Waals surface area (Å²) in [5, 5.41) is 3.69. The van der Waals surface area contributed by atoms with Gasteiger partial charge in [-0.25, -0.2) is 0 Å². The van der Waals surface area contributed by atoms with Crippen molar-refractivity contribution in [1.29, 1.82) is 0 Å². The predicted octanol–water partition coefficient (Wildman–Crippen LogP) is 3.72. The van der Waals surface area contributed by atoms with E-state index in [1.54, 1.807) is 44.6 Å². The first-order chi connectivity index (χ1) is 14.0. The summed E-state index contributed by atoms with van der Waals surface area (Å²) < 4.78 is 15.0. The Hall–Kier alpha value is -3.74. The summed E-state index contributed by atoms with van der Waals surface area (Å²) in [6.45, 7) is 2.40. The lowest BCUT2D eigenvalue weighted by Crippen LogP contribution is -2.07. The van der Waals surface area contributed by atoms with Gasteiger partial charge in [-0.2, -0.15) is 0 Å². The van der Waals surface area contributed by atoms with Crippen LogP contribution in [-0.2, 0) is 9.53 Å². The van der Waals surface area contributed by atoms with E-state index >= 15 is 0 Å². The first-order valence-electron chi connectivity index (χ1n) is 8.96. The number of rotatable bonds is 6. The molecule has 2 N–H and O–H groups in total. The van der Waals surface area contributed by atoms with Crippen LogP contribution < -0.4 is 20.3 Å². The molecule has 0 aliphatic heterocycles. The number of carbonyl (C=O) groups is 1. The Morgan fingerprint density at radius 1 is 1.03 bits per heavy atom. The van der Waals surface area contributed by atoms with Crippen molar-refractivity contribution in [1.82, 2.24) is 4.98 Å². The summed E-state index contributed by atoms with van der Waals surface area (Å²) in [6, 6.07) is 16.0. The van der Waals surface area contributed by atoms with Gasteiger partial charge in [0.05, 0.1) is 32.6 Å². The topological polar surface area (TPSA) is 89.7 Å². The third-order valence-corrected chi connectivity index (χ3v) is 3.75. The van der Waals surface area contributed by atoms with Crippen LogP contribution in [0.3, 0.4) is 0 Å². The fourth-order valence-electron chi connectivity index (χ4n) is 2.35. The van der Waals surface area contributed by atoms with Gasteiger partial charge < -0.3 is 24.5 Å². The Morgan fingerprint density at radius 2 is 1.76 bits per heavy atom. The Kier molecular flexibility index (Phi) is 8.31. The number of hydrogen-bond acceptors (Lipinski definition) is 5. The van der Waals surface area contributed by atoms with Crippen molar-refractivity contribution >= 4 is 22.5 Å². The largest absolute Gasteiger partial charge is 0.501 e. The highest BCUT2D eigenvalue weighted by Gasteiger charge is 1.99. The van der Waals surface area contributed by atoms with Gasteiger partial charge in [-0.05, 0) is 42.6 Å². The number of ether oxygens (including phenoxy) is 3. The number of methoxy groups -OCH3 is 2. The molecule has 0 unspecified atom stereocenters. The summed E-state index contributed by atoms with van der Waals surface area (Å²) in [4.78, 5) is 25.1. The number of amides is 1. The molecular weight excluding hydrogens is 372 g/mol. The van der Waals surface area contributed by atoms with Gasteiger partial charge in [0.25, 0.3) is 5.91 Å². The van der Waals surface area contributed by atoms with Crippen LogP contribution >= 0.6 is 0 Å². The van der Waals surface area contributed by atoms with E-state index in [2.05, 4.69) is 10.3 Å². The van der Waals surface area contributed by atoms with E-state index < -0.39 is 0 Å². The van der Waals surface area contributed by atoms with Crippen LogP contribution in [0.2, 0.25) is 0 Å². The van der Waals surface area contributed by atoms with E-state index in [-0.39, 0.29) is 11.5 Å². The molecule has 0 aliphatic rings. The minimum absolute atomic E-state index is 0.0965. The van der Waals surface area contributed by atoms with Crippen LogP contribution in [0.25, 0.3) is 10.9 Å². The van der Waals surface area contributed by atoms with Crippen molar-refractivity contribution in [2.24, 2.45) is 0 Å². The van der Waals surface area contributed by atoms with Crippen molar-refractivity contribution in [2.45, 2.75) is 6.92 Å².